The van der Waals surface area contributed by atoms with Crippen LogP contribution in [0.4, 0.5) is 8.78 Å². The monoisotopic (exact) mass is 362 g/mol. The van der Waals surface area contributed by atoms with Gasteiger partial charge in [0.05, 0.1) is 5.70 Å². The van der Waals surface area contributed by atoms with Gasteiger partial charge in [0.1, 0.15) is 30.1 Å². The van der Waals surface area contributed by atoms with Gasteiger partial charge >= 0.3 is 6.33 Å². The van der Waals surface area contributed by atoms with E-state index < -0.39 is 23.2 Å². The summed E-state index contributed by atoms with van der Waals surface area (Å²) in [6.45, 7) is 7.92. The van der Waals surface area contributed by atoms with Crippen LogP contribution in [0, 0.1) is 18.7 Å². The second-order valence-corrected chi connectivity index (χ2v) is 6.10. The summed E-state index contributed by atoms with van der Waals surface area (Å²) in [5, 5.41) is 14.5. The summed E-state index contributed by atoms with van der Waals surface area (Å²) in [7, 11) is 0. The number of hydrogen-bond acceptors (Lipinski definition) is 3. The number of aliphatic hydroxyl groups is 1. The predicted octanol–water partition coefficient (Wildman–Crippen LogP) is 2.60. The summed E-state index contributed by atoms with van der Waals surface area (Å²) in [4.78, 5) is 11.4. The molecule has 0 amide bonds. The van der Waals surface area contributed by atoms with Crippen LogP contribution in [0.3, 0.4) is 0 Å². The highest BCUT2D eigenvalue weighted by molar-refractivity contribution is 5.63. The molecule has 1 aromatic carbocycles. The molecule has 1 aromatic heterocycles. The van der Waals surface area contributed by atoms with Gasteiger partial charge < -0.3 is 5.11 Å². The average Bonchev–Trinajstić information content (AvgIpc) is 3.07. The molecule has 0 fully saturated rings. The Balaban J connectivity index is 2.61. The van der Waals surface area contributed by atoms with Gasteiger partial charge in [0, 0.05) is 5.92 Å². The molecule has 0 saturated carbocycles. The summed E-state index contributed by atoms with van der Waals surface area (Å²) in [6, 6.07) is 4.08. The topological polar surface area (TPSA) is 77.5 Å². The number of halogens is 2. The van der Waals surface area contributed by atoms with Gasteiger partial charge in [-0.05, 0) is 48.8 Å². The molecule has 0 aliphatic rings. The Bertz CT molecular complexity index is 828. The summed E-state index contributed by atoms with van der Waals surface area (Å²) < 4.78 is 29.2. The van der Waals surface area contributed by atoms with E-state index in [1.54, 1.807) is 18.5 Å². The number of aromatic amines is 1. The van der Waals surface area contributed by atoms with Gasteiger partial charge in [-0.15, -0.1) is 0 Å². The number of aryl methyl sites for hydroxylation is 1. The molecule has 0 saturated heterocycles. The van der Waals surface area contributed by atoms with Crippen LogP contribution in [0.1, 0.15) is 25.0 Å². The predicted molar refractivity (Wildman–Crippen MR) is 94.8 cm³/mol. The molecule has 6 nitrogen and oxygen atoms in total. The smallest absolute Gasteiger partial charge is 0.306 e. The molecule has 0 aliphatic carbocycles. The number of allylic oxidation sites excluding steroid dienone is 1. The normalized spacial score (nSPS) is 16.2. The Hall–Kier alpha value is -2.74. The van der Waals surface area contributed by atoms with E-state index in [0.29, 0.717) is 11.1 Å². The van der Waals surface area contributed by atoms with Crippen molar-refractivity contribution >= 4 is 13.1 Å². The maximum absolute atomic E-state index is 14.1. The summed E-state index contributed by atoms with van der Waals surface area (Å²) in [5.41, 5.74) is -0.546. The molecular weight excluding hydrogens is 340 g/mol. The molecule has 0 aliphatic heterocycles. The molecular formula is C18H22F2N5O+. The van der Waals surface area contributed by atoms with Crippen molar-refractivity contribution in [2.24, 2.45) is 15.9 Å². The molecule has 26 heavy (non-hydrogen) atoms. The molecule has 1 heterocycles. The third-order valence-electron chi connectivity index (χ3n) is 4.33. The first-order valence-electron chi connectivity index (χ1n) is 8.01. The zero-order valence-electron chi connectivity index (χ0n) is 14.9. The van der Waals surface area contributed by atoms with Gasteiger partial charge in [0.15, 0.2) is 0 Å². The van der Waals surface area contributed by atoms with Crippen LogP contribution in [-0.2, 0) is 12.1 Å². The van der Waals surface area contributed by atoms with E-state index in [1.165, 1.54) is 37.8 Å². The maximum Gasteiger partial charge on any atom is 0.306 e. The van der Waals surface area contributed by atoms with Crippen molar-refractivity contribution in [1.82, 2.24) is 10.1 Å². The number of H-pyrrole nitrogens is 1. The first-order valence-corrected chi connectivity index (χ1v) is 8.01. The van der Waals surface area contributed by atoms with Gasteiger partial charge in [-0.25, -0.2) is 13.8 Å². The lowest BCUT2D eigenvalue weighted by Gasteiger charge is -2.34. The fraction of sp³-hybridized carbons (Fsp3) is 0.333. The number of aromatic nitrogens is 3. The van der Waals surface area contributed by atoms with Crippen molar-refractivity contribution in [3.05, 3.63) is 59.3 Å². The van der Waals surface area contributed by atoms with Gasteiger partial charge in [0.25, 0.3) is 0 Å². The minimum Gasteiger partial charge on any atom is -0.380 e. The Morgan fingerprint density at radius 2 is 2.27 bits per heavy atom. The summed E-state index contributed by atoms with van der Waals surface area (Å²) in [6.07, 6.45) is 4.08. The van der Waals surface area contributed by atoms with E-state index in [2.05, 4.69) is 26.8 Å². The van der Waals surface area contributed by atoms with E-state index in [-0.39, 0.29) is 12.2 Å². The Kier molecular flexibility index (Phi) is 6.10. The molecule has 2 N–H and O–H groups in total. The zero-order valence-corrected chi connectivity index (χ0v) is 14.9. The largest absolute Gasteiger partial charge is 0.380 e. The lowest BCUT2D eigenvalue weighted by molar-refractivity contribution is -0.765. The van der Waals surface area contributed by atoms with Crippen molar-refractivity contribution in [2.45, 2.75) is 32.9 Å². The van der Waals surface area contributed by atoms with Crippen LogP contribution in [0.15, 0.2) is 52.4 Å². The van der Waals surface area contributed by atoms with Gasteiger partial charge in [-0.2, -0.15) is 9.78 Å². The highest BCUT2D eigenvalue weighted by Gasteiger charge is 2.42. The van der Waals surface area contributed by atoms with Crippen LogP contribution in [0.5, 0.6) is 0 Å². The van der Waals surface area contributed by atoms with Crippen LogP contribution in [-0.4, -0.2) is 28.2 Å². The Morgan fingerprint density at radius 3 is 2.81 bits per heavy atom. The first-order chi connectivity index (χ1) is 12.3. The van der Waals surface area contributed by atoms with E-state index in [9.17, 15) is 13.9 Å². The molecule has 0 radical (unpaired) electrons. The third kappa shape index (κ3) is 4.08. The number of hydrogen-bond donors (Lipinski definition) is 2. The quantitative estimate of drug-likeness (QED) is 0.451. The molecule has 2 atom stereocenters. The highest BCUT2D eigenvalue weighted by Crippen LogP contribution is 2.38. The van der Waals surface area contributed by atoms with Crippen LogP contribution in [0.25, 0.3) is 0 Å². The molecule has 8 heteroatoms. The number of nitrogens with zero attached hydrogens (tertiary/aromatic N) is 4. The van der Waals surface area contributed by atoms with Gasteiger partial charge in [-0.3, -0.25) is 4.99 Å². The number of benzene rings is 1. The van der Waals surface area contributed by atoms with Gasteiger partial charge in [0.2, 0.25) is 6.33 Å². The standard InChI is InChI=1S/C18H21F2N5O/c1-12-7-15(20)5-6-16(12)18(26,8-25-11-22-10-24-25)13(2)17(14(3)19)23-9-21-4/h5-7,9-11,13,26H,4,8H2,1-3H3/p+1/b17-14+,23-9?/t13-,18+/m0/s1. The lowest BCUT2D eigenvalue weighted by atomic mass is 9.78. The average molecular weight is 362 g/mol. The van der Waals surface area contributed by atoms with Crippen molar-refractivity contribution < 1.29 is 18.6 Å². The van der Waals surface area contributed by atoms with Crippen molar-refractivity contribution in [1.29, 1.82) is 0 Å². The fourth-order valence-electron chi connectivity index (χ4n) is 3.00. The summed E-state index contributed by atoms with van der Waals surface area (Å²) in [5.74, 6) is -1.74. The second kappa shape index (κ2) is 8.09. The molecule has 0 spiro atoms. The molecule has 2 rings (SSSR count). The Morgan fingerprint density at radius 1 is 1.54 bits per heavy atom. The van der Waals surface area contributed by atoms with Crippen molar-refractivity contribution in [3.63, 3.8) is 0 Å². The third-order valence-corrected chi connectivity index (χ3v) is 4.33. The molecule has 0 unspecified atom stereocenters. The van der Waals surface area contributed by atoms with E-state index >= 15 is 0 Å². The minimum absolute atomic E-state index is 0.0312. The van der Waals surface area contributed by atoms with Crippen LogP contribution in [0.2, 0.25) is 0 Å². The van der Waals surface area contributed by atoms with Crippen molar-refractivity contribution in [2.75, 3.05) is 0 Å². The van der Waals surface area contributed by atoms with Crippen LogP contribution >= 0.6 is 0 Å². The van der Waals surface area contributed by atoms with Gasteiger partial charge in [-0.1, -0.05) is 13.0 Å². The minimum atomic E-state index is -1.59. The zero-order chi connectivity index (χ0) is 19.3. The SMILES string of the molecule is C=NC=N/C(=C(\C)F)[C@H](C)[C@](O)(C[n+]1cnc[nH]1)c1ccc(F)cc1C. The highest BCUT2D eigenvalue weighted by atomic mass is 19.1. The number of rotatable bonds is 7. The molecule has 138 valence electrons. The number of aliphatic imine (C=N–C) groups is 2. The van der Waals surface area contributed by atoms with E-state index in [4.69, 9.17) is 0 Å². The molecule has 2 aromatic rings. The molecule has 0 bridgehead atoms. The van der Waals surface area contributed by atoms with E-state index in [0.717, 1.165) is 6.34 Å². The number of nitrogens with one attached hydrogen (secondary N) is 1. The fourth-order valence-corrected chi connectivity index (χ4v) is 3.00. The van der Waals surface area contributed by atoms with Crippen molar-refractivity contribution in [3.8, 4) is 0 Å². The second-order valence-electron chi connectivity index (χ2n) is 6.10. The lowest BCUT2D eigenvalue weighted by Crippen LogP contribution is -2.51. The van der Waals surface area contributed by atoms with E-state index in [1.807, 2.05) is 0 Å². The summed E-state index contributed by atoms with van der Waals surface area (Å²) >= 11 is 0. The maximum atomic E-state index is 14.1. The first kappa shape index (κ1) is 19.6. The van der Waals surface area contributed by atoms with Crippen LogP contribution < -0.4 is 4.68 Å². The Labute approximate surface area is 150 Å².